The summed E-state index contributed by atoms with van der Waals surface area (Å²) in [4.78, 5) is 35.6. The fourth-order valence-electron chi connectivity index (χ4n) is 4.28. The molecular weight excluding hydrogens is 451 g/mol. The van der Waals surface area contributed by atoms with Crippen molar-refractivity contribution >= 4 is 23.7 Å². The lowest BCUT2D eigenvalue weighted by Gasteiger charge is -2.16. The van der Waals surface area contributed by atoms with Crippen molar-refractivity contribution in [1.82, 2.24) is 5.32 Å². The quantitative estimate of drug-likeness (QED) is 0.416. The Balaban J connectivity index is 1.38. The van der Waals surface area contributed by atoms with Crippen molar-refractivity contribution in [2.24, 2.45) is 0 Å². The number of nitrogens with one attached hydrogen (secondary N) is 2. The van der Waals surface area contributed by atoms with Gasteiger partial charge in [0, 0.05) is 17.5 Å². The Labute approximate surface area is 201 Å². The minimum atomic E-state index is -1.04. The summed E-state index contributed by atoms with van der Waals surface area (Å²) in [5, 5.41) is 13.9. The first kappa shape index (κ1) is 23.9. The van der Waals surface area contributed by atoms with Gasteiger partial charge in [0.05, 0.1) is 12.1 Å². The number of hydrogen-bond donors (Lipinski definition) is 3. The van der Waals surface area contributed by atoms with E-state index in [1.165, 1.54) is 12.1 Å². The van der Waals surface area contributed by atoms with Gasteiger partial charge in [0.1, 0.15) is 12.4 Å². The number of rotatable bonds is 8. The number of carboxylic acid groups (broad SMARTS) is 1. The largest absolute Gasteiger partial charge is 0.481 e. The zero-order valence-electron chi connectivity index (χ0n) is 19.1. The van der Waals surface area contributed by atoms with Gasteiger partial charge in [0.15, 0.2) is 0 Å². The molecule has 7 nitrogen and oxygen atoms in total. The molecule has 3 aromatic rings. The third kappa shape index (κ3) is 5.32. The maximum absolute atomic E-state index is 14.6. The van der Waals surface area contributed by atoms with E-state index in [4.69, 9.17) is 9.84 Å². The van der Waals surface area contributed by atoms with Crippen LogP contribution in [-0.4, -0.2) is 35.7 Å². The predicted molar refractivity (Wildman–Crippen MR) is 129 cm³/mol. The number of anilines is 1. The number of carboxylic acids is 1. The molecule has 0 aliphatic heterocycles. The minimum absolute atomic E-state index is 0.0180. The zero-order chi connectivity index (χ0) is 24.9. The van der Waals surface area contributed by atoms with Crippen LogP contribution < -0.4 is 10.6 Å². The van der Waals surface area contributed by atoms with E-state index in [2.05, 4.69) is 10.6 Å². The number of carbonyl (C=O) groups is 3. The summed E-state index contributed by atoms with van der Waals surface area (Å²) in [6.45, 7) is 1.83. The number of amides is 2. The van der Waals surface area contributed by atoms with Crippen molar-refractivity contribution in [3.8, 4) is 11.1 Å². The van der Waals surface area contributed by atoms with Gasteiger partial charge in [0.25, 0.3) is 5.91 Å². The number of benzene rings is 3. The van der Waals surface area contributed by atoms with Crippen LogP contribution in [0.1, 0.15) is 47.2 Å². The molecule has 3 N–H and O–H groups in total. The summed E-state index contributed by atoms with van der Waals surface area (Å²) in [7, 11) is 0. The van der Waals surface area contributed by atoms with Crippen LogP contribution in [0.25, 0.3) is 11.1 Å². The molecule has 1 aliphatic carbocycles. The second-order valence-corrected chi connectivity index (χ2v) is 8.32. The lowest BCUT2D eigenvalue weighted by Crippen LogP contribution is -2.36. The summed E-state index contributed by atoms with van der Waals surface area (Å²) in [6, 6.07) is 18.9. The number of hydrogen-bond acceptors (Lipinski definition) is 4. The Bertz CT molecular complexity index is 1230. The Kier molecular flexibility index (Phi) is 7.10. The molecule has 2 amide bonds. The molecule has 180 valence electrons. The van der Waals surface area contributed by atoms with Crippen LogP contribution in [0.2, 0.25) is 0 Å². The van der Waals surface area contributed by atoms with Crippen LogP contribution in [0.4, 0.5) is 14.9 Å². The van der Waals surface area contributed by atoms with Gasteiger partial charge in [-0.05, 0) is 46.9 Å². The fourth-order valence-corrected chi connectivity index (χ4v) is 4.28. The monoisotopic (exact) mass is 476 g/mol. The summed E-state index contributed by atoms with van der Waals surface area (Å²) in [5.41, 5.74) is 4.23. The molecule has 0 saturated carbocycles. The smallest absolute Gasteiger partial charge is 0.411 e. The van der Waals surface area contributed by atoms with E-state index in [0.29, 0.717) is 6.42 Å². The van der Waals surface area contributed by atoms with E-state index in [-0.39, 0.29) is 30.2 Å². The maximum Gasteiger partial charge on any atom is 0.411 e. The average Bonchev–Trinajstić information content (AvgIpc) is 3.17. The van der Waals surface area contributed by atoms with Crippen LogP contribution >= 0.6 is 0 Å². The van der Waals surface area contributed by atoms with Gasteiger partial charge >= 0.3 is 12.1 Å². The van der Waals surface area contributed by atoms with E-state index in [1.807, 2.05) is 48.5 Å². The molecule has 1 aliphatic rings. The van der Waals surface area contributed by atoms with Gasteiger partial charge in [-0.15, -0.1) is 0 Å². The number of aliphatic carboxylic acids is 1. The molecule has 0 aromatic heterocycles. The number of ether oxygens (including phenoxy) is 1. The van der Waals surface area contributed by atoms with Crippen molar-refractivity contribution in [3.63, 3.8) is 0 Å². The van der Waals surface area contributed by atoms with Crippen molar-refractivity contribution in [2.75, 3.05) is 11.9 Å². The van der Waals surface area contributed by atoms with E-state index >= 15 is 0 Å². The van der Waals surface area contributed by atoms with Gasteiger partial charge < -0.3 is 15.2 Å². The number of fused-ring (bicyclic) bond motifs is 3. The van der Waals surface area contributed by atoms with E-state index in [0.717, 1.165) is 28.3 Å². The Morgan fingerprint density at radius 2 is 1.63 bits per heavy atom. The normalized spacial score (nSPS) is 12.9. The van der Waals surface area contributed by atoms with Crippen molar-refractivity contribution < 1.29 is 28.6 Å². The van der Waals surface area contributed by atoms with Crippen molar-refractivity contribution in [2.45, 2.75) is 31.7 Å². The highest BCUT2D eigenvalue weighted by atomic mass is 19.1. The molecule has 1 atom stereocenters. The lowest BCUT2D eigenvalue weighted by molar-refractivity contribution is -0.137. The summed E-state index contributed by atoms with van der Waals surface area (Å²) in [5.74, 6) is -2.56. The van der Waals surface area contributed by atoms with Crippen molar-refractivity contribution in [1.29, 1.82) is 0 Å². The number of halogens is 1. The highest BCUT2D eigenvalue weighted by molar-refractivity contribution is 5.95. The van der Waals surface area contributed by atoms with E-state index in [1.54, 1.807) is 6.92 Å². The highest BCUT2D eigenvalue weighted by Gasteiger charge is 2.29. The summed E-state index contributed by atoms with van der Waals surface area (Å²) >= 11 is 0. The zero-order valence-corrected chi connectivity index (χ0v) is 19.1. The van der Waals surface area contributed by atoms with Gasteiger partial charge in [-0.3, -0.25) is 14.9 Å². The average molecular weight is 477 g/mol. The lowest BCUT2D eigenvalue weighted by atomic mass is 9.98. The molecule has 8 heteroatoms. The van der Waals surface area contributed by atoms with E-state index in [9.17, 15) is 18.8 Å². The molecule has 0 saturated heterocycles. The van der Waals surface area contributed by atoms with Crippen LogP contribution in [0.15, 0.2) is 66.7 Å². The summed E-state index contributed by atoms with van der Waals surface area (Å²) < 4.78 is 20.0. The Hall–Kier alpha value is -4.20. The van der Waals surface area contributed by atoms with Crippen LogP contribution in [0, 0.1) is 5.82 Å². The SMILES string of the molecule is CC[C@H](CC(=O)O)NC(=O)c1ccc(NC(=O)OCC2c3ccccc3-c3ccccc32)c(F)c1. The van der Waals surface area contributed by atoms with E-state index < -0.39 is 29.8 Å². The van der Waals surface area contributed by atoms with Gasteiger partial charge in [-0.25, -0.2) is 9.18 Å². The first-order valence-electron chi connectivity index (χ1n) is 11.3. The Morgan fingerprint density at radius 1 is 1.00 bits per heavy atom. The second kappa shape index (κ2) is 10.4. The maximum atomic E-state index is 14.6. The summed E-state index contributed by atoms with van der Waals surface area (Å²) in [6.07, 6.45) is -0.621. The Morgan fingerprint density at radius 3 is 2.20 bits per heavy atom. The molecule has 0 unspecified atom stereocenters. The molecule has 0 fully saturated rings. The predicted octanol–water partition coefficient (Wildman–Crippen LogP) is 5.17. The molecule has 0 radical (unpaired) electrons. The van der Waals surface area contributed by atoms with Gasteiger partial charge in [-0.2, -0.15) is 0 Å². The number of carbonyl (C=O) groups excluding carboxylic acids is 2. The molecule has 35 heavy (non-hydrogen) atoms. The molecule has 0 heterocycles. The van der Waals surface area contributed by atoms with Crippen LogP contribution in [0.3, 0.4) is 0 Å². The third-order valence-electron chi connectivity index (χ3n) is 6.06. The molecule has 4 rings (SSSR count). The van der Waals surface area contributed by atoms with Crippen LogP contribution in [0.5, 0.6) is 0 Å². The van der Waals surface area contributed by atoms with Crippen molar-refractivity contribution in [3.05, 3.63) is 89.2 Å². The van der Waals surface area contributed by atoms with Gasteiger partial charge in [-0.1, -0.05) is 55.5 Å². The van der Waals surface area contributed by atoms with Gasteiger partial charge in [0.2, 0.25) is 0 Å². The highest BCUT2D eigenvalue weighted by Crippen LogP contribution is 2.44. The molecular formula is C27H25FN2O5. The third-order valence-corrected chi connectivity index (χ3v) is 6.06. The second-order valence-electron chi connectivity index (χ2n) is 8.32. The first-order chi connectivity index (χ1) is 16.9. The first-order valence-corrected chi connectivity index (χ1v) is 11.3. The molecule has 0 spiro atoms. The van der Waals surface area contributed by atoms with Crippen LogP contribution in [-0.2, 0) is 9.53 Å². The standard InChI is InChI=1S/C27H25FN2O5/c1-2-17(14-25(31)32)29-26(33)16-11-12-24(23(28)13-16)30-27(34)35-15-22-20-9-5-3-7-18(20)19-8-4-6-10-21(19)22/h3-13,17,22H,2,14-15H2,1H3,(H,29,33)(H,30,34)(H,31,32)/t17-/m1/s1. The molecule has 0 bridgehead atoms. The topological polar surface area (TPSA) is 105 Å². The molecule has 3 aromatic carbocycles. The fraction of sp³-hybridized carbons (Fsp3) is 0.222. The minimum Gasteiger partial charge on any atom is -0.481 e.